The molecule has 0 fully saturated rings. The van der Waals surface area contributed by atoms with Crippen LogP contribution in [0.25, 0.3) is 0 Å². The molecule has 1 aromatic rings. The lowest BCUT2D eigenvalue weighted by Gasteiger charge is -2.10. The number of hydrogen-bond acceptors (Lipinski definition) is 3. The Kier molecular flexibility index (Phi) is 5.90. The summed E-state index contributed by atoms with van der Waals surface area (Å²) in [6.07, 6.45) is -0.520. The lowest BCUT2D eigenvalue weighted by molar-refractivity contribution is 0.0644. The number of nitrogens with one attached hydrogen (secondary N) is 1. The fraction of sp³-hybridized carbons (Fsp3) is 0.455. The highest BCUT2D eigenvalue weighted by Gasteiger charge is 2.03. The normalized spacial score (nSPS) is 12.8. The number of rotatable bonds is 6. The topological polar surface area (TPSA) is 41.5 Å². The first-order valence-corrected chi connectivity index (χ1v) is 5.74. The standard InChI is InChI=1S/C11H15BrFNO2/c1-16-7-9(15)6-14-5-8-2-3-11(13)10(12)4-8/h2-4,9,14-15H,5-7H2,1H3. The van der Waals surface area contributed by atoms with Crippen molar-refractivity contribution in [2.75, 3.05) is 20.3 Å². The SMILES string of the molecule is COCC(O)CNCc1ccc(F)c(Br)c1. The largest absolute Gasteiger partial charge is 0.389 e. The van der Waals surface area contributed by atoms with Crippen LogP contribution in [-0.2, 0) is 11.3 Å². The predicted octanol–water partition coefficient (Wildman–Crippen LogP) is 1.69. The van der Waals surface area contributed by atoms with Gasteiger partial charge in [-0.05, 0) is 33.6 Å². The molecule has 0 heterocycles. The van der Waals surface area contributed by atoms with E-state index >= 15 is 0 Å². The fourth-order valence-corrected chi connectivity index (χ4v) is 1.71. The second-order valence-corrected chi connectivity index (χ2v) is 4.34. The number of hydrogen-bond donors (Lipinski definition) is 2. The van der Waals surface area contributed by atoms with Crippen molar-refractivity contribution in [3.8, 4) is 0 Å². The summed E-state index contributed by atoms with van der Waals surface area (Å²) >= 11 is 3.12. The second-order valence-electron chi connectivity index (χ2n) is 3.49. The van der Waals surface area contributed by atoms with Crippen molar-refractivity contribution < 1.29 is 14.2 Å². The molecule has 3 nitrogen and oxygen atoms in total. The summed E-state index contributed by atoms with van der Waals surface area (Å²) in [5.41, 5.74) is 0.956. The Labute approximate surface area is 103 Å². The van der Waals surface area contributed by atoms with Crippen molar-refractivity contribution in [3.63, 3.8) is 0 Å². The van der Waals surface area contributed by atoms with Gasteiger partial charge in [-0.25, -0.2) is 4.39 Å². The van der Waals surface area contributed by atoms with Crippen LogP contribution in [0.5, 0.6) is 0 Å². The van der Waals surface area contributed by atoms with Gasteiger partial charge in [0.2, 0.25) is 0 Å². The minimum Gasteiger partial charge on any atom is -0.389 e. The molecule has 0 aliphatic heterocycles. The minimum atomic E-state index is -0.520. The van der Waals surface area contributed by atoms with Gasteiger partial charge < -0.3 is 15.2 Å². The molecule has 5 heteroatoms. The van der Waals surface area contributed by atoms with Gasteiger partial charge in [0.1, 0.15) is 5.82 Å². The maximum Gasteiger partial charge on any atom is 0.137 e. The lowest BCUT2D eigenvalue weighted by atomic mass is 10.2. The van der Waals surface area contributed by atoms with Crippen molar-refractivity contribution in [2.45, 2.75) is 12.6 Å². The fourth-order valence-electron chi connectivity index (χ4n) is 1.28. The third kappa shape index (κ3) is 4.57. The van der Waals surface area contributed by atoms with E-state index in [-0.39, 0.29) is 5.82 Å². The van der Waals surface area contributed by atoms with Gasteiger partial charge in [-0.1, -0.05) is 6.07 Å². The molecule has 90 valence electrons. The number of aliphatic hydroxyl groups is 1. The Morgan fingerprint density at radius 3 is 2.94 bits per heavy atom. The van der Waals surface area contributed by atoms with E-state index in [1.807, 2.05) is 0 Å². The van der Waals surface area contributed by atoms with E-state index in [9.17, 15) is 9.50 Å². The molecule has 0 spiro atoms. The van der Waals surface area contributed by atoms with E-state index in [1.165, 1.54) is 6.07 Å². The van der Waals surface area contributed by atoms with E-state index < -0.39 is 6.10 Å². The molecule has 0 amide bonds. The summed E-state index contributed by atoms with van der Waals surface area (Å²) in [4.78, 5) is 0. The van der Waals surface area contributed by atoms with E-state index in [0.29, 0.717) is 24.2 Å². The molecule has 16 heavy (non-hydrogen) atoms. The number of methoxy groups -OCH3 is 1. The second kappa shape index (κ2) is 6.96. The first-order chi connectivity index (χ1) is 7.63. The van der Waals surface area contributed by atoms with Crippen molar-refractivity contribution in [2.24, 2.45) is 0 Å². The Bertz CT molecular complexity index is 336. The number of halogens is 2. The highest BCUT2D eigenvalue weighted by molar-refractivity contribution is 9.10. The van der Waals surface area contributed by atoms with Crippen LogP contribution in [0, 0.1) is 5.82 Å². The molecular formula is C11H15BrFNO2. The molecule has 0 aliphatic carbocycles. The molecule has 0 saturated heterocycles. The highest BCUT2D eigenvalue weighted by Crippen LogP contribution is 2.16. The Balaban J connectivity index is 2.34. The number of aliphatic hydroxyl groups excluding tert-OH is 1. The van der Waals surface area contributed by atoms with Crippen molar-refractivity contribution in [1.82, 2.24) is 5.32 Å². The number of benzene rings is 1. The van der Waals surface area contributed by atoms with Gasteiger partial charge in [-0.2, -0.15) is 0 Å². The predicted molar refractivity (Wildman–Crippen MR) is 63.7 cm³/mol. The molecule has 1 aromatic carbocycles. The van der Waals surface area contributed by atoms with E-state index in [0.717, 1.165) is 5.56 Å². The maximum atomic E-state index is 12.9. The Morgan fingerprint density at radius 2 is 2.31 bits per heavy atom. The van der Waals surface area contributed by atoms with Crippen molar-refractivity contribution >= 4 is 15.9 Å². The molecule has 1 rings (SSSR count). The first-order valence-electron chi connectivity index (χ1n) is 4.95. The van der Waals surface area contributed by atoms with Crippen LogP contribution in [0.4, 0.5) is 4.39 Å². The van der Waals surface area contributed by atoms with Gasteiger partial charge in [0.15, 0.2) is 0 Å². The van der Waals surface area contributed by atoms with Gasteiger partial charge in [0, 0.05) is 20.2 Å². The zero-order chi connectivity index (χ0) is 12.0. The average Bonchev–Trinajstić information content (AvgIpc) is 2.24. The minimum absolute atomic E-state index is 0.275. The Morgan fingerprint density at radius 1 is 1.56 bits per heavy atom. The van der Waals surface area contributed by atoms with Crippen molar-refractivity contribution in [3.05, 3.63) is 34.1 Å². The van der Waals surface area contributed by atoms with Crippen LogP contribution in [0.2, 0.25) is 0 Å². The molecule has 2 N–H and O–H groups in total. The van der Waals surface area contributed by atoms with E-state index in [1.54, 1.807) is 19.2 Å². The number of ether oxygens (including phenoxy) is 1. The van der Waals surface area contributed by atoms with Gasteiger partial charge in [0.05, 0.1) is 17.2 Å². The van der Waals surface area contributed by atoms with Crippen LogP contribution in [0.15, 0.2) is 22.7 Å². The molecule has 0 aromatic heterocycles. The molecule has 0 aliphatic rings. The molecule has 0 saturated carbocycles. The lowest BCUT2D eigenvalue weighted by Crippen LogP contribution is -2.29. The molecule has 0 bridgehead atoms. The van der Waals surface area contributed by atoms with Gasteiger partial charge in [-0.3, -0.25) is 0 Å². The first kappa shape index (κ1) is 13.6. The molecule has 0 radical (unpaired) electrons. The summed E-state index contributed by atoms with van der Waals surface area (Å²) in [6.45, 7) is 1.34. The summed E-state index contributed by atoms with van der Waals surface area (Å²) in [7, 11) is 1.54. The van der Waals surface area contributed by atoms with Crippen LogP contribution in [0.3, 0.4) is 0 Å². The van der Waals surface area contributed by atoms with Crippen molar-refractivity contribution in [1.29, 1.82) is 0 Å². The monoisotopic (exact) mass is 291 g/mol. The smallest absolute Gasteiger partial charge is 0.137 e. The van der Waals surface area contributed by atoms with Crippen LogP contribution < -0.4 is 5.32 Å². The zero-order valence-corrected chi connectivity index (χ0v) is 10.6. The van der Waals surface area contributed by atoms with Gasteiger partial charge in [-0.15, -0.1) is 0 Å². The average molecular weight is 292 g/mol. The summed E-state index contributed by atoms with van der Waals surface area (Å²) in [5.74, 6) is -0.275. The molecule has 1 atom stereocenters. The quantitative estimate of drug-likeness (QED) is 0.838. The maximum absolute atomic E-state index is 12.9. The van der Waals surface area contributed by atoms with E-state index in [4.69, 9.17) is 4.74 Å². The zero-order valence-electron chi connectivity index (χ0n) is 9.04. The van der Waals surface area contributed by atoms with Crippen LogP contribution >= 0.6 is 15.9 Å². The van der Waals surface area contributed by atoms with Gasteiger partial charge in [0.25, 0.3) is 0 Å². The van der Waals surface area contributed by atoms with E-state index in [2.05, 4.69) is 21.2 Å². The summed E-state index contributed by atoms with van der Waals surface area (Å²) < 4.78 is 18.2. The molecule has 1 unspecified atom stereocenters. The Hall–Kier alpha value is -0.490. The summed E-state index contributed by atoms with van der Waals surface area (Å²) in [5, 5.41) is 12.4. The van der Waals surface area contributed by atoms with Crippen LogP contribution in [0.1, 0.15) is 5.56 Å². The van der Waals surface area contributed by atoms with Crippen LogP contribution in [-0.4, -0.2) is 31.5 Å². The third-order valence-corrected chi connectivity index (χ3v) is 2.66. The highest BCUT2D eigenvalue weighted by atomic mass is 79.9. The summed E-state index contributed by atoms with van der Waals surface area (Å²) in [6, 6.07) is 4.83. The van der Waals surface area contributed by atoms with Gasteiger partial charge >= 0.3 is 0 Å². The third-order valence-electron chi connectivity index (χ3n) is 2.05. The molecular weight excluding hydrogens is 277 g/mol.